The lowest BCUT2D eigenvalue weighted by Crippen LogP contribution is -2.43. The van der Waals surface area contributed by atoms with Crippen molar-refractivity contribution in [2.24, 2.45) is 0 Å². The Bertz CT molecular complexity index is 238. The zero-order valence-corrected chi connectivity index (χ0v) is 8.76. The van der Waals surface area contributed by atoms with Gasteiger partial charge in [0.1, 0.15) is 5.60 Å². The van der Waals surface area contributed by atoms with Gasteiger partial charge in [-0.2, -0.15) is 0 Å². The summed E-state index contributed by atoms with van der Waals surface area (Å²) in [5.74, 6) is 0. The van der Waals surface area contributed by atoms with E-state index in [1.54, 1.807) is 4.90 Å². The second kappa shape index (κ2) is 3.40. The Morgan fingerprint density at radius 1 is 1.54 bits per heavy atom. The maximum atomic E-state index is 11.5. The van der Waals surface area contributed by atoms with Crippen molar-refractivity contribution in [3.8, 4) is 0 Å². The number of allylic oxidation sites excluding steroid dienone is 1. The fourth-order valence-corrected chi connectivity index (χ4v) is 1.18. The molecule has 1 heterocycles. The van der Waals surface area contributed by atoms with Crippen LogP contribution in [0.15, 0.2) is 11.8 Å². The SMILES string of the molecule is C/C=C1/CCN1C(=O)OC(C)(C)C. The normalized spacial score (nSPS) is 20.0. The summed E-state index contributed by atoms with van der Waals surface area (Å²) < 4.78 is 5.22. The molecular formula is C10H17NO2. The molecule has 1 saturated heterocycles. The molecule has 0 aromatic carbocycles. The van der Waals surface area contributed by atoms with Crippen molar-refractivity contribution in [1.29, 1.82) is 0 Å². The van der Waals surface area contributed by atoms with E-state index >= 15 is 0 Å². The van der Waals surface area contributed by atoms with E-state index in [0.29, 0.717) is 0 Å². The third kappa shape index (κ3) is 2.47. The molecule has 13 heavy (non-hydrogen) atoms. The Morgan fingerprint density at radius 2 is 2.15 bits per heavy atom. The lowest BCUT2D eigenvalue weighted by Gasteiger charge is -2.35. The number of carbonyl (C=O) groups excluding carboxylic acids is 1. The van der Waals surface area contributed by atoms with Crippen LogP contribution < -0.4 is 0 Å². The first-order valence-corrected chi connectivity index (χ1v) is 4.60. The standard InChI is InChI=1S/C10H17NO2/c1-5-8-6-7-11(8)9(12)13-10(2,3)4/h5H,6-7H2,1-4H3/b8-5-. The highest BCUT2D eigenvalue weighted by Crippen LogP contribution is 2.23. The summed E-state index contributed by atoms with van der Waals surface area (Å²) in [6.45, 7) is 8.35. The number of hydrogen-bond donors (Lipinski definition) is 0. The van der Waals surface area contributed by atoms with Crippen molar-refractivity contribution in [3.63, 3.8) is 0 Å². The topological polar surface area (TPSA) is 29.5 Å². The number of hydrogen-bond acceptors (Lipinski definition) is 2. The minimum absolute atomic E-state index is 0.230. The van der Waals surface area contributed by atoms with Gasteiger partial charge in [-0.1, -0.05) is 6.08 Å². The molecule has 0 aromatic rings. The van der Waals surface area contributed by atoms with Gasteiger partial charge in [0.25, 0.3) is 0 Å². The lowest BCUT2D eigenvalue weighted by atomic mass is 10.1. The van der Waals surface area contributed by atoms with Crippen LogP contribution in [-0.2, 0) is 4.74 Å². The average molecular weight is 183 g/mol. The van der Waals surface area contributed by atoms with Crippen molar-refractivity contribution in [2.75, 3.05) is 6.54 Å². The third-order valence-electron chi connectivity index (χ3n) is 1.89. The van der Waals surface area contributed by atoms with Gasteiger partial charge in [0.05, 0.1) is 0 Å². The fraction of sp³-hybridized carbons (Fsp3) is 0.700. The first-order valence-electron chi connectivity index (χ1n) is 4.60. The summed E-state index contributed by atoms with van der Waals surface area (Å²) in [5, 5.41) is 0. The highest BCUT2D eigenvalue weighted by molar-refractivity contribution is 5.71. The van der Waals surface area contributed by atoms with Gasteiger partial charge >= 0.3 is 6.09 Å². The van der Waals surface area contributed by atoms with Gasteiger partial charge < -0.3 is 4.74 Å². The van der Waals surface area contributed by atoms with Crippen molar-refractivity contribution in [1.82, 2.24) is 4.90 Å². The largest absolute Gasteiger partial charge is 0.443 e. The number of likely N-dealkylation sites (tertiary alicyclic amines) is 1. The second-order valence-electron chi connectivity index (χ2n) is 4.16. The van der Waals surface area contributed by atoms with Crippen LogP contribution in [0.5, 0.6) is 0 Å². The molecule has 1 rings (SSSR count). The summed E-state index contributed by atoms with van der Waals surface area (Å²) in [7, 11) is 0. The number of nitrogens with zero attached hydrogens (tertiary/aromatic N) is 1. The first kappa shape index (κ1) is 10.1. The van der Waals surface area contributed by atoms with Crippen LogP contribution in [0.1, 0.15) is 34.1 Å². The molecule has 0 aliphatic carbocycles. The highest BCUT2D eigenvalue weighted by atomic mass is 16.6. The summed E-state index contributed by atoms with van der Waals surface area (Å²) >= 11 is 0. The van der Waals surface area contributed by atoms with E-state index in [1.165, 1.54) is 0 Å². The Hall–Kier alpha value is -0.990. The van der Waals surface area contributed by atoms with E-state index < -0.39 is 5.60 Å². The molecule has 0 unspecified atom stereocenters. The molecule has 1 aliphatic rings. The number of amides is 1. The molecule has 0 atom stereocenters. The van der Waals surface area contributed by atoms with Gasteiger partial charge in [0, 0.05) is 18.7 Å². The fourth-order valence-electron chi connectivity index (χ4n) is 1.18. The van der Waals surface area contributed by atoms with Gasteiger partial charge in [-0.3, -0.25) is 4.90 Å². The minimum Gasteiger partial charge on any atom is -0.443 e. The Labute approximate surface area is 79.4 Å². The van der Waals surface area contributed by atoms with Crippen molar-refractivity contribution < 1.29 is 9.53 Å². The lowest BCUT2D eigenvalue weighted by molar-refractivity contribution is 0.0235. The van der Waals surface area contributed by atoms with Gasteiger partial charge in [0.2, 0.25) is 0 Å². The monoisotopic (exact) mass is 183 g/mol. The quantitative estimate of drug-likeness (QED) is 0.577. The predicted octanol–water partition coefficient (Wildman–Crippen LogP) is 2.53. The molecule has 0 aromatic heterocycles. The van der Waals surface area contributed by atoms with Gasteiger partial charge in [0.15, 0.2) is 0 Å². The van der Waals surface area contributed by atoms with Crippen LogP contribution in [-0.4, -0.2) is 23.1 Å². The molecule has 0 bridgehead atoms. The molecule has 3 heteroatoms. The van der Waals surface area contributed by atoms with E-state index in [9.17, 15) is 4.79 Å². The average Bonchev–Trinajstić information content (AvgIpc) is 1.80. The van der Waals surface area contributed by atoms with E-state index in [1.807, 2.05) is 33.8 Å². The zero-order valence-electron chi connectivity index (χ0n) is 8.76. The van der Waals surface area contributed by atoms with E-state index in [0.717, 1.165) is 18.7 Å². The molecule has 1 amide bonds. The molecule has 0 N–H and O–H groups in total. The Balaban J connectivity index is 2.50. The molecule has 1 aliphatic heterocycles. The second-order valence-corrected chi connectivity index (χ2v) is 4.16. The van der Waals surface area contributed by atoms with Gasteiger partial charge in [-0.05, 0) is 27.7 Å². The first-order chi connectivity index (χ1) is 5.94. The van der Waals surface area contributed by atoms with E-state index in [2.05, 4.69) is 0 Å². The number of carbonyl (C=O) groups is 1. The molecule has 3 nitrogen and oxygen atoms in total. The number of rotatable bonds is 0. The van der Waals surface area contributed by atoms with Crippen LogP contribution in [0, 0.1) is 0 Å². The van der Waals surface area contributed by atoms with Gasteiger partial charge in [-0.15, -0.1) is 0 Å². The summed E-state index contributed by atoms with van der Waals surface area (Å²) in [6.07, 6.45) is 2.70. The molecular weight excluding hydrogens is 166 g/mol. The van der Waals surface area contributed by atoms with Crippen molar-refractivity contribution in [3.05, 3.63) is 11.8 Å². The summed E-state index contributed by atoms with van der Waals surface area (Å²) in [4.78, 5) is 13.1. The molecule has 0 saturated carbocycles. The van der Waals surface area contributed by atoms with Crippen LogP contribution in [0.25, 0.3) is 0 Å². The van der Waals surface area contributed by atoms with Gasteiger partial charge in [-0.25, -0.2) is 4.79 Å². The molecule has 0 spiro atoms. The van der Waals surface area contributed by atoms with Crippen LogP contribution in [0.3, 0.4) is 0 Å². The maximum Gasteiger partial charge on any atom is 0.414 e. The summed E-state index contributed by atoms with van der Waals surface area (Å²) in [5.41, 5.74) is 0.667. The van der Waals surface area contributed by atoms with Crippen molar-refractivity contribution in [2.45, 2.75) is 39.7 Å². The molecule has 74 valence electrons. The summed E-state index contributed by atoms with van der Waals surface area (Å²) in [6, 6.07) is 0. The molecule has 0 radical (unpaired) electrons. The third-order valence-corrected chi connectivity index (χ3v) is 1.89. The number of ether oxygens (including phenoxy) is 1. The highest BCUT2D eigenvalue weighted by Gasteiger charge is 2.29. The van der Waals surface area contributed by atoms with Crippen LogP contribution >= 0.6 is 0 Å². The maximum absolute atomic E-state index is 11.5. The van der Waals surface area contributed by atoms with Crippen molar-refractivity contribution >= 4 is 6.09 Å². The van der Waals surface area contributed by atoms with E-state index in [-0.39, 0.29) is 6.09 Å². The molecule has 1 fully saturated rings. The Kier molecular flexibility index (Phi) is 2.64. The zero-order chi connectivity index (χ0) is 10.1. The van der Waals surface area contributed by atoms with E-state index in [4.69, 9.17) is 4.74 Å². The van der Waals surface area contributed by atoms with Crippen LogP contribution in [0.4, 0.5) is 4.79 Å². The predicted molar refractivity (Wildman–Crippen MR) is 51.3 cm³/mol. The smallest absolute Gasteiger partial charge is 0.414 e. The Morgan fingerprint density at radius 3 is 2.46 bits per heavy atom. The van der Waals surface area contributed by atoms with Crippen LogP contribution in [0.2, 0.25) is 0 Å². The minimum atomic E-state index is -0.397.